The van der Waals surface area contributed by atoms with Crippen molar-refractivity contribution in [3.63, 3.8) is 0 Å². The van der Waals surface area contributed by atoms with Crippen molar-refractivity contribution in [2.75, 3.05) is 0 Å². The van der Waals surface area contributed by atoms with Gasteiger partial charge in [-0.2, -0.15) is 0 Å². The third-order valence-electron chi connectivity index (χ3n) is 6.10. The number of hydrogen-bond acceptors (Lipinski definition) is 4. The van der Waals surface area contributed by atoms with Gasteiger partial charge in [-0.25, -0.2) is 14.2 Å². The van der Waals surface area contributed by atoms with Crippen molar-refractivity contribution < 1.29 is 9.18 Å². The predicted molar refractivity (Wildman–Crippen MR) is 121 cm³/mol. The van der Waals surface area contributed by atoms with E-state index in [-0.39, 0.29) is 23.4 Å². The zero-order valence-electron chi connectivity index (χ0n) is 17.7. The Morgan fingerprint density at radius 3 is 2.52 bits per heavy atom. The number of primary amides is 1. The fraction of sp³-hybridized carbons (Fsp3) is 0.250. The molecule has 1 saturated carbocycles. The van der Waals surface area contributed by atoms with Gasteiger partial charge in [0, 0.05) is 18.0 Å². The van der Waals surface area contributed by atoms with Gasteiger partial charge in [-0.05, 0) is 54.5 Å². The number of aromatic nitrogens is 4. The largest absolute Gasteiger partial charge is 0.366 e. The summed E-state index contributed by atoms with van der Waals surface area (Å²) >= 11 is 0. The van der Waals surface area contributed by atoms with Crippen LogP contribution in [0.15, 0.2) is 58.1 Å². The molecule has 1 aliphatic rings. The number of benzene rings is 2. The quantitative estimate of drug-likeness (QED) is 0.402. The molecule has 2 aromatic carbocycles. The van der Waals surface area contributed by atoms with Crippen molar-refractivity contribution >= 4 is 17.1 Å². The highest BCUT2D eigenvalue weighted by atomic mass is 19.1. The van der Waals surface area contributed by atoms with Crippen LogP contribution >= 0.6 is 0 Å². The van der Waals surface area contributed by atoms with Gasteiger partial charge in [-0.15, -0.1) is 0 Å². The molecule has 4 aromatic rings. The molecule has 0 aliphatic heterocycles. The molecule has 1 fully saturated rings. The Kier molecular flexibility index (Phi) is 5.16. The Balaban J connectivity index is 1.64. The predicted octanol–water partition coefficient (Wildman–Crippen LogP) is 2.44. The molecule has 2 heterocycles. The molecule has 4 N–H and O–H groups in total. The van der Waals surface area contributed by atoms with Crippen molar-refractivity contribution in [3.8, 4) is 0 Å². The lowest BCUT2D eigenvalue weighted by Crippen LogP contribution is -2.30. The molecule has 8 nitrogen and oxygen atoms in total. The molecule has 1 aliphatic carbocycles. The Morgan fingerprint density at radius 1 is 1.12 bits per heavy atom. The van der Waals surface area contributed by atoms with Crippen molar-refractivity contribution in [1.82, 2.24) is 19.5 Å². The molecule has 1 amide bonds. The third-order valence-corrected chi connectivity index (χ3v) is 6.10. The molecule has 0 radical (unpaired) electrons. The summed E-state index contributed by atoms with van der Waals surface area (Å²) in [5, 5.41) is 0. The second-order valence-corrected chi connectivity index (χ2v) is 8.47. The number of carbonyl (C=O) groups excluding carboxylic acids is 1. The summed E-state index contributed by atoms with van der Waals surface area (Å²) in [5.41, 5.74) is 6.40. The highest BCUT2D eigenvalue weighted by Gasteiger charge is 2.26. The van der Waals surface area contributed by atoms with Gasteiger partial charge >= 0.3 is 5.69 Å². The van der Waals surface area contributed by atoms with Crippen LogP contribution in [0.3, 0.4) is 0 Å². The zero-order chi connectivity index (χ0) is 23.1. The van der Waals surface area contributed by atoms with Crippen LogP contribution in [-0.2, 0) is 13.0 Å². The molecule has 0 bridgehead atoms. The Bertz CT molecular complexity index is 1460. The smallest absolute Gasteiger partial charge is 0.330 e. The average Bonchev–Trinajstić information content (AvgIpc) is 3.51. The third kappa shape index (κ3) is 4.09. The van der Waals surface area contributed by atoms with Gasteiger partial charge in [0.05, 0.1) is 0 Å². The lowest BCUT2D eigenvalue weighted by atomic mass is 9.90. The Labute approximate surface area is 187 Å². The first-order valence-electron chi connectivity index (χ1n) is 10.8. The van der Waals surface area contributed by atoms with E-state index in [1.165, 1.54) is 10.6 Å². The fourth-order valence-corrected chi connectivity index (χ4v) is 4.09. The van der Waals surface area contributed by atoms with E-state index in [4.69, 9.17) is 5.73 Å². The van der Waals surface area contributed by atoms with E-state index < -0.39 is 23.1 Å². The fourth-order valence-electron chi connectivity index (χ4n) is 4.09. The summed E-state index contributed by atoms with van der Waals surface area (Å²) in [7, 11) is 0. The van der Waals surface area contributed by atoms with E-state index in [2.05, 4.69) is 15.0 Å². The highest BCUT2D eigenvalue weighted by Crippen LogP contribution is 2.32. The normalized spacial score (nSPS) is 14.5. The van der Waals surface area contributed by atoms with Crippen molar-refractivity contribution in [1.29, 1.82) is 0 Å². The van der Waals surface area contributed by atoms with Gasteiger partial charge in [0.25, 0.3) is 5.56 Å². The SMILES string of the molecule is NC(=O)c1ccc(C(Cc2ccccc2F)c2nc3c([nH]2)c(=O)[nH]c(=O)n3CC2CC2)cc1. The van der Waals surface area contributed by atoms with E-state index in [9.17, 15) is 18.8 Å². The van der Waals surface area contributed by atoms with Crippen molar-refractivity contribution in [3.05, 3.63) is 97.7 Å². The monoisotopic (exact) mass is 447 g/mol. The van der Waals surface area contributed by atoms with Gasteiger partial charge in [-0.3, -0.25) is 19.1 Å². The molecule has 5 rings (SSSR count). The number of nitrogens with two attached hydrogens (primary N) is 1. The Morgan fingerprint density at radius 2 is 1.85 bits per heavy atom. The van der Waals surface area contributed by atoms with E-state index in [1.54, 1.807) is 42.5 Å². The number of hydrogen-bond donors (Lipinski definition) is 3. The number of aromatic amines is 2. The number of amides is 1. The molecule has 2 aromatic heterocycles. The summed E-state index contributed by atoms with van der Waals surface area (Å²) in [5.74, 6) is -0.532. The van der Waals surface area contributed by atoms with Crippen molar-refractivity contribution in [2.24, 2.45) is 11.7 Å². The zero-order valence-corrected chi connectivity index (χ0v) is 17.7. The number of rotatable bonds is 7. The summed E-state index contributed by atoms with van der Waals surface area (Å²) < 4.78 is 16.0. The van der Waals surface area contributed by atoms with E-state index in [1.807, 2.05) is 0 Å². The summed E-state index contributed by atoms with van der Waals surface area (Å²) in [4.78, 5) is 46.5. The number of carbonyl (C=O) groups is 1. The van der Waals surface area contributed by atoms with Crippen LogP contribution in [0.1, 0.15) is 46.1 Å². The van der Waals surface area contributed by atoms with E-state index >= 15 is 0 Å². The average molecular weight is 447 g/mol. The summed E-state index contributed by atoms with van der Waals surface area (Å²) in [6, 6.07) is 13.1. The number of halogens is 1. The van der Waals surface area contributed by atoms with E-state index in [0.29, 0.717) is 29.4 Å². The van der Waals surface area contributed by atoms with Gasteiger partial charge in [0.15, 0.2) is 5.65 Å². The molecule has 0 saturated heterocycles. The molecule has 168 valence electrons. The number of fused-ring (bicyclic) bond motifs is 1. The topological polar surface area (TPSA) is 127 Å². The van der Waals surface area contributed by atoms with Crippen LogP contribution in [0, 0.1) is 11.7 Å². The second kappa shape index (κ2) is 8.16. The maximum Gasteiger partial charge on any atom is 0.330 e. The first kappa shape index (κ1) is 20.9. The molecular formula is C24H22FN5O3. The van der Waals surface area contributed by atoms with Crippen LogP contribution in [0.2, 0.25) is 0 Å². The highest BCUT2D eigenvalue weighted by molar-refractivity contribution is 5.92. The van der Waals surface area contributed by atoms with Crippen molar-refractivity contribution in [2.45, 2.75) is 31.7 Å². The summed E-state index contributed by atoms with van der Waals surface area (Å²) in [6.07, 6.45) is 2.33. The minimum atomic E-state index is -0.549. The lowest BCUT2D eigenvalue weighted by molar-refractivity contribution is 0.100. The maximum absolute atomic E-state index is 14.5. The number of nitrogens with zero attached hydrogens (tertiary/aromatic N) is 2. The van der Waals surface area contributed by atoms with Crippen LogP contribution in [0.5, 0.6) is 0 Å². The molecule has 9 heteroatoms. The summed E-state index contributed by atoms with van der Waals surface area (Å²) in [6.45, 7) is 0.488. The van der Waals surface area contributed by atoms with E-state index in [0.717, 1.165) is 18.4 Å². The van der Waals surface area contributed by atoms with Gasteiger partial charge in [0.2, 0.25) is 5.91 Å². The van der Waals surface area contributed by atoms with Gasteiger partial charge in [-0.1, -0.05) is 30.3 Å². The molecule has 1 unspecified atom stereocenters. The second-order valence-electron chi connectivity index (χ2n) is 8.47. The standard InChI is InChI=1S/C24H22FN5O3/c25-18-4-2-1-3-16(18)11-17(14-7-9-15(10-8-14)20(26)31)21-27-19-22(28-21)30(12-13-5-6-13)24(33)29-23(19)32/h1-4,7-10,13,17H,5-6,11-12H2,(H2,26,31)(H,27,28)(H,29,32,33). The minimum absolute atomic E-state index is 0.206. The minimum Gasteiger partial charge on any atom is -0.366 e. The van der Waals surface area contributed by atoms with Gasteiger partial charge in [0.1, 0.15) is 17.2 Å². The van der Waals surface area contributed by atoms with Gasteiger partial charge < -0.3 is 10.7 Å². The number of nitrogens with one attached hydrogen (secondary N) is 2. The molecule has 0 spiro atoms. The number of H-pyrrole nitrogens is 2. The van der Waals surface area contributed by atoms with Crippen LogP contribution in [-0.4, -0.2) is 25.4 Å². The Hall–Kier alpha value is -4.01. The van der Waals surface area contributed by atoms with Crippen LogP contribution in [0.25, 0.3) is 11.2 Å². The first-order chi connectivity index (χ1) is 15.9. The molecule has 1 atom stereocenters. The van der Waals surface area contributed by atoms with Crippen LogP contribution in [0.4, 0.5) is 4.39 Å². The molecule has 33 heavy (non-hydrogen) atoms. The molecular weight excluding hydrogens is 425 g/mol. The lowest BCUT2D eigenvalue weighted by Gasteiger charge is -2.16. The van der Waals surface area contributed by atoms with Crippen LogP contribution < -0.4 is 17.0 Å². The maximum atomic E-state index is 14.5. The number of imidazole rings is 1. The first-order valence-corrected chi connectivity index (χ1v) is 10.8.